The number of barbiturate groups is 1. The van der Waals surface area contributed by atoms with E-state index in [1.165, 1.54) is 6.08 Å². The van der Waals surface area contributed by atoms with E-state index in [0.29, 0.717) is 5.69 Å². The highest BCUT2D eigenvalue weighted by molar-refractivity contribution is 9.10. The van der Waals surface area contributed by atoms with Gasteiger partial charge >= 0.3 is 6.03 Å². The number of aryl methyl sites for hydroxylation is 1. The van der Waals surface area contributed by atoms with Gasteiger partial charge in [-0.3, -0.25) is 14.9 Å². The van der Waals surface area contributed by atoms with Crippen LogP contribution in [0.1, 0.15) is 5.56 Å². The minimum absolute atomic E-state index is 0.0917. The third-order valence-corrected chi connectivity index (χ3v) is 4.89. The van der Waals surface area contributed by atoms with Gasteiger partial charge < -0.3 is 4.57 Å². The lowest BCUT2D eigenvalue weighted by Crippen LogP contribution is -2.54. The average Bonchev–Trinajstić information content (AvgIpc) is 2.95. The smallest absolute Gasteiger partial charge is 0.335 e. The van der Waals surface area contributed by atoms with Gasteiger partial charge in [0.2, 0.25) is 0 Å². The minimum atomic E-state index is -0.766. The first-order valence-corrected chi connectivity index (χ1v) is 8.96. The SMILES string of the molecule is Cn1cc(C=C2C(=O)NC(=O)N(c3cccc(Br)c3)C2=O)c2ccccc21. The van der Waals surface area contributed by atoms with Crippen LogP contribution in [0.15, 0.2) is 64.8 Å². The third kappa shape index (κ3) is 2.96. The molecule has 0 atom stereocenters. The molecule has 1 aromatic heterocycles. The Kier molecular flexibility index (Phi) is 4.16. The molecule has 1 fully saturated rings. The van der Waals surface area contributed by atoms with E-state index >= 15 is 0 Å². The Labute approximate surface area is 163 Å². The molecule has 1 aliphatic heterocycles. The van der Waals surface area contributed by atoms with Gasteiger partial charge in [0.15, 0.2) is 0 Å². The predicted molar refractivity (Wildman–Crippen MR) is 106 cm³/mol. The number of hydrogen-bond donors (Lipinski definition) is 1. The standard InChI is InChI=1S/C20H14BrN3O3/c1-23-11-12(15-7-2-3-8-17(15)23)9-16-18(25)22-20(27)24(19(16)26)14-6-4-5-13(21)10-14/h2-11H,1H3,(H,22,25,27). The summed E-state index contributed by atoms with van der Waals surface area (Å²) in [7, 11) is 1.89. The van der Waals surface area contributed by atoms with Crippen LogP contribution in [0, 0.1) is 0 Å². The van der Waals surface area contributed by atoms with Crippen LogP contribution in [-0.4, -0.2) is 22.4 Å². The molecule has 1 saturated heterocycles. The fourth-order valence-corrected chi connectivity index (χ4v) is 3.54. The zero-order chi connectivity index (χ0) is 19.1. The van der Waals surface area contributed by atoms with E-state index in [1.54, 1.807) is 24.3 Å². The Morgan fingerprint density at radius 2 is 1.81 bits per heavy atom. The fraction of sp³-hybridized carbons (Fsp3) is 0.0500. The summed E-state index contributed by atoms with van der Waals surface area (Å²) in [6.45, 7) is 0. The van der Waals surface area contributed by atoms with Gasteiger partial charge in [-0.15, -0.1) is 0 Å². The topological polar surface area (TPSA) is 71.4 Å². The van der Waals surface area contributed by atoms with Crippen molar-refractivity contribution in [3.63, 3.8) is 0 Å². The van der Waals surface area contributed by atoms with Crippen LogP contribution in [-0.2, 0) is 16.6 Å². The number of carbonyl (C=O) groups excluding carboxylic acids is 3. The second kappa shape index (κ2) is 6.51. The van der Waals surface area contributed by atoms with Crippen molar-refractivity contribution in [3.8, 4) is 0 Å². The summed E-state index contributed by atoms with van der Waals surface area (Å²) in [5, 5.41) is 3.16. The van der Waals surface area contributed by atoms with Crippen LogP contribution in [0.4, 0.5) is 10.5 Å². The molecule has 6 nitrogen and oxygen atoms in total. The molecule has 0 unspecified atom stereocenters. The number of fused-ring (bicyclic) bond motifs is 1. The van der Waals surface area contributed by atoms with Crippen molar-refractivity contribution >= 4 is 56.4 Å². The van der Waals surface area contributed by atoms with Crippen LogP contribution in [0.25, 0.3) is 17.0 Å². The Balaban J connectivity index is 1.82. The Bertz CT molecular complexity index is 1150. The first-order chi connectivity index (χ1) is 13.0. The summed E-state index contributed by atoms with van der Waals surface area (Å²) < 4.78 is 2.64. The van der Waals surface area contributed by atoms with Gasteiger partial charge in [0, 0.05) is 34.2 Å². The highest BCUT2D eigenvalue weighted by atomic mass is 79.9. The molecule has 1 aliphatic rings. The average molecular weight is 424 g/mol. The monoisotopic (exact) mass is 423 g/mol. The van der Waals surface area contributed by atoms with E-state index in [2.05, 4.69) is 21.2 Å². The molecule has 2 aromatic carbocycles. The fourth-order valence-electron chi connectivity index (χ4n) is 3.15. The van der Waals surface area contributed by atoms with E-state index in [1.807, 2.05) is 42.1 Å². The zero-order valence-electron chi connectivity index (χ0n) is 14.3. The van der Waals surface area contributed by atoms with E-state index < -0.39 is 17.8 Å². The van der Waals surface area contributed by atoms with Crippen molar-refractivity contribution in [2.45, 2.75) is 0 Å². The van der Waals surface area contributed by atoms with Crippen LogP contribution in [0.3, 0.4) is 0 Å². The molecule has 134 valence electrons. The second-order valence-electron chi connectivity index (χ2n) is 6.15. The molecule has 2 heterocycles. The number of imide groups is 2. The van der Waals surface area contributed by atoms with Gasteiger partial charge in [0.1, 0.15) is 5.57 Å². The number of aromatic nitrogens is 1. The van der Waals surface area contributed by atoms with Crippen molar-refractivity contribution in [2.75, 3.05) is 4.90 Å². The lowest BCUT2D eigenvalue weighted by Gasteiger charge is -2.26. The number of para-hydroxylation sites is 1. The maximum atomic E-state index is 13.0. The molecule has 4 amide bonds. The van der Waals surface area contributed by atoms with E-state index in [-0.39, 0.29) is 5.57 Å². The van der Waals surface area contributed by atoms with Gasteiger partial charge in [0.25, 0.3) is 11.8 Å². The molecule has 1 N–H and O–H groups in total. The molecule has 27 heavy (non-hydrogen) atoms. The van der Waals surface area contributed by atoms with Crippen LogP contribution >= 0.6 is 15.9 Å². The molecule has 0 radical (unpaired) electrons. The van der Waals surface area contributed by atoms with Gasteiger partial charge in [-0.2, -0.15) is 0 Å². The maximum Gasteiger partial charge on any atom is 0.335 e. The highest BCUT2D eigenvalue weighted by Crippen LogP contribution is 2.27. The third-order valence-electron chi connectivity index (χ3n) is 4.40. The number of carbonyl (C=O) groups is 3. The number of benzene rings is 2. The molecule has 0 saturated carbocycles. The molecule has 7 heteroatoms. The Morgan fingerprint density at radius 3 is 2.59 bits per heavy atom. The van der Waals surface area contributed by atoms with E-state index in [9.17, 15) is 14.4 Å². The van der Waals surface area contributed by atoms with Crippen molar-refractivity contribution in [1.82, 2.24) is 9.88 Å². The van der Waals surface area contributed by atoms with E-state index in [4.69, 9.17) is 0 Å². The maximum absolute atomic E-state index is 13.0. The lowest BCUT2D eigenvalue weighted by atomic mass is 10.1. The van der Waals surface area contributed by atoms with Crippen molar-refractivity contribution < 1.29 is 14.4 Å². The molecule has 4 rings (SSSR count). The molecule has 3 aromatic rings. The Hall–Kier alpha value is -3.19. The van der Waals surface area contributed by atoms with Gasteiger partial charge in [-0.1, -0.05) is 40.2 Å². The van der Waals surface area contributed by atoms with Gasteiger partial charge in [-0.05, 0) is 30.3 Å². The summed E-state index contributed by atoms with van der Waals surface area (Å²) in [5.41, 5.74) is 2.00. The Morgan fingerprint density at radius 1 is 1.04 bits per heavy atom. The number of urea groups is 1. The largest absolute Gasteiger partial charge is 0.350 e. The molecule has 0 bridgehead atoms. The van der Waals surface area contributed by atoms with Crippen molar-refractivity contribution in [2.24, 2.45) is 7.05 Å². The van der Waals surface area contributed by atoms with Crippen molar-refractivity contribution in [3.05, 3.63) is 70.3 Å². The number of anilines is 1. The molecular formula is C20H14BrN3O3. The number of nitrogens with zero attached hydrogens (tertiary/aromatic N) is 2. The van der Waals surface area contributed by atoms with Gasteiger partial charge in [-0.25, -0.2) is 9.69 Å². The number of hydrogen-bond acceptors (Lipinski definition) is 3. The van der Waals surface area contributed by atoms with Crippen LogP contribution in [0.2, 0.25) is 0 Å². The summed E-state index contributed by atoms with van der Waals surface area (Å²) in [4.78, 5) is 38.5. The number of nitrogens with one attached hydrogen (secondary N) is 1. The quantitative estimate of drug-likeness (QED) is 0.505. The second-order valence-corrected chi connectivity index (χ2v) is 7.07. The number of halogens is 1. The lowest BCUT2D eigenvalue weighted by molar-refractivity contribution is -0.122. The predicted octanol–water partition coefficient (Wildman–Crippen LogP) is 3.61. The minimum Gasteiger partial charge on any atom is -0.350 e. The normalized spacial score (nSPS) is 16.3. The summed E-state index contributed by atoms with van der Waals surface area (Å²) >= 11 is 3.33. The van der Waals surface area contributed by atoms with Crippen molar-refractivity contribution in [1.29, 1.82) is 0 Å². The molecule has 0 aliphatic carbocycles. The molecular weight excluding hydrogens is 410 g/mol. The summed E-state index contributed by atoms with van der Waals surface area (Å²) in [5.74, 6) is -1.36. The first kappa shape index (κ1) is 17.2. The first-order valence-electron chi connectivity index (χ1n) is 8.17. The van der Waals surface area contributed by atoms with E-state index in [0.717, 1.165) is 25.8 Å². The van der Waals surface area contributed by atoms with Gasteiger partial charge in [0.05, 0.1) is 5.69 Å². The van der Waals surface area contributed by atoms with Crippen LogP contribution in [0.5, 0.6) is 0 Å². The van der Waals surface area contributed by atoms with Crippen LogP contribution < -0.4 is 10.2 Å². The number of rotatable bonds is 2. The number of amides is 4. The summed E-state index contributed by atoms with van der Waals surface area (Å²) in [6, 6.07) is 13.7. The molecule has 0 spiro atoms. The highest BCUT2D eigenvalue weighted by Gasteiger charge is 2.37. The zero-order valence-corrected chi connectivity index (χ0v) is 15.9. The summed E-state index contributed by atoms with van der Waals surface area (Å²) in [6.07, 6.45) is 3.37.